The lowest BCUT2D eigenvalue weighted by atomic mass is 9.92. The van der Waals surface area contributed by atoms with E-state index in [-0.39, 0.29) is 0 Å². The Balaban J connectivity index is 2.27. The molecule has 0 unspecified atom stereocenters. The molecule has 0 aliphatic heterocycles. The molecule has 1 nitrogen and oxygen atoms in total. The summed E-state index contributed by atoms with van der Waals surface area (Å²) in [6, 6.07) is 1.56. The van der Waals surface area contributed by atoms with Crippen LogP contribution in [0.4, 0.5) is 0 Å². The number of rotatable bonds is 4. The molecule has 1 heteroatoms. The van der Waals surface area contributed by atoms with Crippen LogP contribution in [0.25, 0.3) is 0 Å². The summed E-state index contributed by atoms with van der Waals surface area (Å²) in [5.41, 5.74) is 0. The zero-order valence-electron chi connectivity index (χ0n) is 9.47. The van der Waals surface area contributed by atoms with Crippen LogP contribution in [0.15, 0.2) is 0 Å². The molecule has 0 amide bonds. The molecule has 1 fully saturated rings. The molecule has 0 heterocycles. The lowest BCUT2D eigenvalue weighted by molar-refractivity contribution is 0.292. The van der Waals surface area contributed by atoms with Gasteiger partial charge in [-0.15, -0.1) is 0 Å². The summed E-state index contributed by atoms with van der Waals surface area (Å²) in [7, 11) is 0. The Morgan fingerprint density at radius 2 is 1.77 bits per heavy atom. The van der Waals surface area contributed by atoms with Crippen molar-refractivity contribution in [1.29, 1.82) is 0 Å². The van der Waals surface area contributed by atoms with Crippen molar-refractivity contribution in [2.45, 2.75) is 71.4 Å². The van der Waals surface area contributed by atoms with Crippen molar-refractivity contribution in [3.63, 3.8) is 0 Å². The van der Waals surface area contributed by atoms with Gasteiger partial charge in [0.1, 0.15) is 0 Å². The number of hydrogen-bond acceptors (Lipinski definition) is 1. The summed E-state index contributed by atoms with van der Waals surface area (Å²) in [4.78, 5) is 0. The first-order chi connectivity index (χ1) is 6.24. The van der Waals surface area contributed by atoms with Crippen molar-refractivity contribution >= 4 is 0 Å². The normalized spacial score (nSPS) is 22.2. The highest BCUT2D eigenvalue weighted by atomic mass is 15.0. The maximum atomic E-state index is 3.81. The van der Waals surface area contributed by atoms with Gasteiger partial charge < -0.3 is 5.32 Å². The molecule has 13 heavy (non-hydrogen) atoms. The highest BCUT2D eigenvalue weighted by Crippen LogP contribution is 2.19. The van der Waals surface area contributed by atoms with E-state index in [1.54, 1.807) is 0 Å². The fraction of sp³-hybridized carbons (Fsp3) is 1.00. The SMILES string of the molecule is CC[C@@H](NC1CCCCC1)C(C)C. The van der Waals surface area contributed by atoms with E-state index in [1.165, 1.54) is 38.5 Å². The number of hydrogen-bond donors (Lipinski definition) is 1. The van der Waals surface area contributed by atoms with Crippen molar-refractivity contribution in [3.8, 4) is 0 Å². The van der Waals surface area contributed by atoms with Crippen LogP contribution in [0.2, 0.25) is 0 Å². The first-order valence-electron chi connectivity index (χ1n) is 6.00. The van der Waals surface area contributed by atoms with E-state index in [4.69, 9.17) is 0 Å². The van der Waals surface area contributed by atoms with Gasteiger partial charge in [0.25, 0.3) is 0 Å². The first kappa shape index (κ1) is 11.0. The molecule has 0 aromatic carbocycles. The van der Waals surface area contributed by atoms with E-state index >= 15 is 0 Å². The minimum atomic E-state index is 0.739. The summed E-state index contributed by atoms with van der Waals surface area (Å²) in [6.07, 6.45) is 8.41. The standard InChI is InChI=1S/C12H25N/c1-4-12(10(2)3)13-11-8-6-5-7-9-11/h10-13H,4-9H2,1-3H3/t12-/m1/s1. The zero-order valence-corrected chi connectivity index (χ0v) is 9.47. The van der Waals surface area contributed by atoms with Gasteiger partial charge in [-0.2, -0.15) is 0 Å². The average Bonchev–Trinajstić information content (AvgIpc) is 2.15. The molecule has 1 N–H and O–H groups in total. The third-order valence-electron chi connectivity index (χ3n) is 3.30. The van der Waals surface area contributed by atoms with Gasteiger partial charge in [-0.3, -0.25) is 0 Å². The molecule has 1 rings (SSSR count). The van der Waals surface area contributed by atoms with Crippen molar-refractivity contribution in [3.05, 3.63) is 0 Å². The van der Waals surface area contributed by atoms with Crippen LogP contribution in [0.5, 0.6) is 0 Å². The summed E-state index contributed by atoms with van der Waals surface area (Å²) < 4.78 is 0. The monoisotopic (exact) mass is 183 g/mol. The van der Waals surface area contributed by atoms with Crippen molar-refractivity contribution in [2.75, 3.05) is 0 Å². The lowest BCUT2D eigenvalue weighted by Gasteiger charge is -2.30. The predicted octanol–water partition coefficient (Wildman–Crippen LogP) is 3.34. The second kappa shape index (κ2) is 5.64. The van der Waals surface area contributed by atoms with E-state index in [9.17, 15) is 0 Å². The van der Waals surface area contributed by atoms with Crippen molar-refractivity contribution < 1.29 is 0 Å². The number of nitrogens with one attached hydrogen (secondary N) is 1. The largest absolute Gasteiger partial charge is 0.311 e. The van der Waals surface area contributed by atoms with Crippen molar-refractivity contribution in [1.82, 2.24) is 5.32 Å². The van der Waals surface area contributed by atoms with Gasteiger partial charge in [0.15, 0.2) is 0 Å². The summed E-state index contributed by atoms with van der Waals surface area (Å²) in [6.45, 7) is 6.94. The molecule has 0 bridgehead atoms. The quantitative estimate of drug-likeness (QED) is 0.705. The van der Waals surface area contributed by atoms with Gasteiger partial charge in [-0.25, -0.2) is 0 Å². The molecule has 1 aliphatic rings. The fourth-order valence-corrected chi connectivity index (χ4v) is 2.35. The topological polar surface area (TPSA) is 12.0 Å². The Hall–Kier alpha value is -0.0400. The highest BCUT2D eigenvalue weighted by Gasteiger charge is 2.18. The van der Waals surface area contributed by atoms with Gasteiger partial charge in [-0.05, 0) is 25.2 Å². The lowest BCUT2D eigenvalue weighted by Crippen LogP contribution is -2.41. The third-order valence-corrected chi connectivity index (χ3v) is 3.30. The second-order valence-corrected chi connectivity index (χ2v) is 4.76. The molecular weight excluding hydrogens is 158 g/mol. The van der Waals surface area contributed by atoms with E-state index in [1.807, 2.05) is 0 Å². The molecule has 1 aliphatic carbocycles. The Morgan fingerprint density at radius 1 is 1.15 bits per heavy atom. The van der Waals surface area contributed by atoms with Gasteiger partial charge in [0.05, 0.1) is 0 Å². The van der Waals surface area contributed by atoms with E-state index in [0.717, 1.165) is 18.0 Å². The Labute approximate surface area is 83.3 Å². The zero-order chi connectivity index (χ0) is 9.68. The van der Waals surface area contributed by atoms with Gasteiger partial charge in [-0.1, -0.05) is 40.0 Å². The molecule has 0 saturated heterocycles. The Morgan fingerprint density at radius 3 is 2.23 bits per heavy atom. The van der Waals surface area contributed by atoms with E-state index < -0.39 is 0 Å². The average molecular weight is 183 g/mol. The summed E-state index contributed by atoms with van der Waals surface area (Å²) in [5, 5.41) is 3.81. The van der Waals surface area contributed by atoms with Crippen LogP contribution in [-0.2, 0) is 0 Å². The molecule has 1 saturated carbocycles. The molecule has 0 aromatic heterocycles. The van der Waals surface area contributed by atoms with E-state index in [0.29, 0.717) is 0 Å². The molecule has 0 radical (unpaired) electrons. The highest BCUT2D eigenvalue weighted by molar-refractivity contribution is 4.78. The van der Waals surface area contributed by atoms with Gasteiger partial charge >= 0.3 is 0 Å². The summed E-state index contributed by atoms with van der Waals surface area (Å²) in [5.74, 6) is 0.784. The second-order valence-electron chi connectivity index (χ2n) is 4.76. The van der Waals surface area contributed by atoms with Crippen LogP contribution in [-0.4, -0.2) is 12.1 Å². The van der Waals surface area contributed by atoms with Crippen molar-refractivity contribution in [2.24, 2.45) is 5.92 Å². The predicted molar refractivity (Wildman–Crippen MR) is 58.9 cm³/mol. The minimum absolute atomic E-state index is 0.739. The van der Waals surface area contributed by atoms with Crippen LogP contribution in [0.3, 0.4) is 0 Å². The maximum Gasteiger partial charge on any atom is 0.00900 e. The molecule has 1 atom stereocenters. The minimum Gasteiger partial charge on any atom is -0.311 e. The smallest absolute Gasteiger partial charge is 0.00900 e. The first-order valence-corrected chi connectivity index (χ1v) is 6.00. The molecular formula is C12H25N. The van der Waals surface area contributed by atoms with E-state index in [2.05, 4.69) is 26.1 Å². The van der Waals surface area contributed by atoms with Crippen LogP contribution < -0.4 is 5.32 Å². The van der Waals surface area contributed by atoms with Gasteiger partial charge in [0.2, 0.25) is 0 Å². The maximum absolute atomic E-state index is 3.81. The third kappa shape index (κ3) is 3.68. The van der Waals surface area contributed by atoms with Crippen LogP contribution >= 0.6 is 0 Å². The molecule has 78 valence electrons. The molecule has 0 spiro atoms. The van der Waals surface area contributed by atoms with Crippen LogP contribution in [0.1, 0.15) is 59.3 Å². The summed E-state index contributed by atoms with van der Waals surface area (Å²) >= 11 is 0. The Bertz CT molecular complexity index is 125. The van der Waals surface area contributed by atoms with Crippen LogP contribution in [0, 0.1) is 5.92 Å². The Kier molecular flexibility index (Phi) is 4.79. The fourth-order valence-electron chi connectivity index (χ4n) is 2.35. The van der Waals surface area contributed by atoms with Gasteiger partial charge in [0, 0.05) is 12.1 Å². The molecule has 0 aromatic rings.